The summed E-state index contributed by atoms with van der Waals surface area (Å²) in [5, 5.41) is 2.77. The van der Waals surface area contributed by atoms with Crippen molar-refractivity contribution in [2.45, 2.75) is 32.6 Å². The minimum atomic E-state index is -0.0331. The fourth-order valence-corrected chi connectivity index (χ4v) is 2.16. The number of nitrogens with zero attached hydrogens (tertiary/aromatic N) is 1. The number of rotatable bonds is 6. The van der Waals surface area contributed by atoms with Gasteiger partial charge in [0.15, 0.2) is 0 Å². The molecule has 0 fully saturated rings. The van der Waals surface area contributed by atoms with E-state index in [-0.39, 0.29) is 5.91 Å². The predicted molar refractivity (Wildman–Crippen MR) is 81.6 cm³/mol. The first-order chi connectivity index (χ1) is 9.74. The van der Waals surface area contributed by atoms with E-state index in [0.717, 1.165) is 24.9 Å². The summed E-state index contributed by atoms with van der Waals surface area (Å²) < 4.78 is 0. The second-order valence-electron chi connectivity index (χ2n) is 4.95. The molecular formula is C17H20N2O. The summed E-state index contributed by atoms with van der Waals surface area (Å²) in [5.41, 5.74) is 3.47. The molecule has 0 aliphatic rings. The Kier molecular flexibility index (Phi) is 5.30. The second-order valence-corrected chi connectivity index (χ2v) is 4.95. The summed E-state index contributed by atoms with van der Waals surface area (Å²) in [6.07, 6.45) is 8.22. The van der Waals surface area contributed by atoms with E-state index in [1.165, 1.54) is 24.5 Å². The van der Waals surface area contributed by atoms with Crippen molar-refractivity contribution in [2.75, 3.05) is 5.32 Å². The molecule has 1 aromatic heterocycles. The maximum atomic E-state index is 10.9. The smallest absolute Gasteiger partial charge is 0.221 e. The molecule has 3 heteroatoms. The third kappa shape index (κ3) is 4.84. The van der Waals surface area contributed by atoms with Gasteiger partial charge in [-0.25, -0.2) is 0 Å². The van der Waals surface area contributed by atoms with Crippen molar-refractivity contribution in [3.8, 4) is 0 Å². The van der Waals surface area contributed by atoms with Crippen molar-refractivity contribution in [3.63, 3.8) is 0 Å². The highest BCUT2D eigenvalue weighted by molar-refractivity contribution is 5.88. The molecule has 0 bridgehead atoms. The van der Waals surface area contributed by atoms with Gasteiger partial charge in [-0.05, 0) is 55.0 Å². The molecule has 2 aromatic rings. The van der Waals surface area contributed by atoms with E-state index in [0.29, 0.717) is 0 Å². The Morgan fingerprint density at radius 3 is 2.35 bits per heavy atom. The van der Waals surface area contributed by atoms with Crippen LogP contribution in [0.4, 0.5) is 5.69 Å². The summed E-state index contributed by atoms with van der Waals surface area (Å²) in [5.74, 6) is -0.0331. The average Bonchev–Trinajstić information content (AvgIpc) is 2.46. The zero-order chi connectivity index (χ0) is 14.2. The average molecular weight is 268 g/mol. The number of aryl methyl sites for hydroxylation is 2. The number of amides is 1. The van der Waals surface area contributed by atoms with Crippen LogP contribution in [0.5, 0.6) is 0 Å². The van der Waals surface area contributed by atoms with Crippen LogP contribution in [0.3, 0.4) is 0 Å². The van der Waals surface area contributed by atoms with E-state index in [1.807, 2.05) is 24.4 Å². The van der Waals surface area contributed by atoms with Crippen LogP contribution in [0.25, 0.3) is 0 Å². The van der Waals surface area contributed by atoms with Crippen LogP contribution in [0.15, 0.2) is 48.8 Å². The molecule has 0 radical (unpaired) electrons. The lowest BCUT2D eigenvalue weighted by Gasteiger charge is -2.05. The SMILES string of the molecule is CC(=O)Nc1ccc(CCCCc2cccnc2)cc1. The maximum absolute atomic E-state index is 10.9. The van der Waals surface area contributed by atoms with Crippen molar-refractivity contribution in [1.29, 1.82) is 0 Å². The number of hydrogen-bond acceptors (Lipinski definition) is 2. The first-order valence-electron chi connectivity index (χ1n) is 6.99. The highest BCUT2D eigenvalue weighted by Gasteiger charge is 1.98. The van der Waals surface area contributed by atoms with Crippen LogP contribution >= 0.6 is 0 Å². The molecule has 0 atom stereocenters. The molecule has 3 nitrogen and oxygen atoms in total. The summed E-state index contributed by atoms with van der Waals surface area (Å²) in [6.45, 7) is 1.52. The van der Waals surface area contributed by atoms with Gasteiger partial charge in [0.25, 0.3) is 0 Å². The minimum Gasteiger partial charge on any atom is -0.326 e. The van der Waals surface area contributed by atoms with Crippen LogP contribution in [0, 0.1) is 0 Å². The monoisotopic (exact) mass is 268 g/mol. The van der Waals surface area contributed by atoms with Gasteiger partial charge in [0.1, 0.15) is 0 Å². The number of unbranched alkanes of at least 4 members (excludes halogenated alkanes) is 1. The van der Waals surface area contributed by atoms with Gasteiger partial charge >= 0.3 is 0 Å². The Hall–Kier alpha value is -2.16. The highest BCUT2D eigenvalue weighted by Crippen LogP contribution is 2.12. The number of pyridine rings is 1. The molecule has 0 aliphatic heterocycles. The lowest BCUT2D eigenvalue weighted by atomic mass is 10.0. The molecule has 1 amide bonds. The first kappa shape index (κ1) is 14.3. The zero-order valence-electron chi connectivity index (χ0n) is 11.8. The number of carbonyl (C=O) groups excluding carboxylic acids is 1. The maximum Gasteiger partial charge on any atom is 0.221 e. The van der Waals surface area contributed by atoms with Crippen LogP contribution in [-0.2, 0) is 17.6 Å². The van der Waals surface area contributed by atoms with Crippen molar-refractivity contribution >= 4 is 11.6 Å². The van der Waals surface area contributed by atoms with Crippen LogP contribution < -0.4 is 5.32 Å². The topological polar surface area (TPSA) is 42.0 Å². The molecule has 0 spiro atoms. The third-order valence-electron chi connectivity index (χ3n) is 3.18. The number of aromatic nitrogens is 1. The summed E-state index contributed by atoms with van der Waals surface area (Å²) in [4.78, 5) is 15.0. The highest BCUT2D eigenvalue weighted by atomic mass is 16.1. The van der Waals surface area contributed by atoms with E-state index < -0.39 is 0 Å². The van der Waals surface area contributed by atoms with Crippen LogP contribution in [0.2, 0.25) is 0 Å². The summed E-state index contributed by atoms with van der Waals surface area (Å²) in [7, 11) is 0. The fraction of sp³-hybridized carbons (Fsp3) is 0.294. The molecule has 0 saturated carbocycles. The molecule has 20 heavy (non-hydrogen) atoms. The first-order valence-corrected chi connectivity index (χ1v) is 6.99. The Morgan fingerprint density at radius 2 is 1.75 bits per heavy atom. The van der Waals surface area contributed by atoms with Crippen molar-refractivity contribution in [3.05, 3.63) is 59.9 Å². The Bertz CT molecular complexity index is 535. The molecule has 104 valence electrons. The molecular weight excluding hydrogens is 248 g/mol. The fourth-order valence-electron chi connectivity index (χ4n) is 2.16. The van der Waals surface area contributed by atoms with Crippen LogP contribution in [-0.4, -0.2) is 10.9 Å². The number of benzene rings is 1. The van der Waals surface area contributed by atoms with Gasteiger partial charge in [0.05, 0.1) is 0 Å². The molecule has 1 heterocycles. The van der Waals surface area contributed by atoms with Crippen LogP contribution in [0.1, 0.15) is 30.9 Å². The van der Waals surface area contributed by atoms with Gasteiger partial charge in [0, 0.05) is 25.0 Å². The molecule has 0 unspecified atom stereocenters. The van der Waals surface area contributed by atoms with E-state index in [2.05, 4.69) is 28.5 Å². The number of nitrogens with one attached hydrogen (secondary N) is 1. The van der Waals surface area contributed by atoms with Gasteiger partial charge in [-0.2, -0.15) is 0 Å². The van der Waals surface area contributed by atoms with Gasteiger partial charge < -0.3 is 5.32 Å². The largest absolute Gasteiger partial charge is 0.326 e. The Labute approximate surface area is 120 Å². The Balaban J connectivity index is 1.73. The molecule has 1 N–H and O–H groups in total. The van der Waals surface area contributed by atoms with E-state index >= 15 is 0 Å². The molecule has 0 saturated heterocycles. The van der Waals surface area contributed by atoms with Crippen molar-refractivity contribution in [2.24, 2.45) is 0 Å². The summed E-state index contributed by atoms with van der Waals surface area (Å²) in [6, 6.07) is 12.2. The van der Waals surface area contributed by atoms with Gasteiger partial charge in [-0.15, -0.1) is 0 Å². The number of carbonyl (C=O) groups is 1. The minimum absolute atomic E-state index is 0.0331. The van der Waals surface area contributed by atoms with Gasteiger partial charge in [0.2, 0.25) is 5.91 Å². The Morgan fingerprint density at radius 1 is 1.05 bits per heavy atom. The second kappa shape index (κ2) is 7.43. The zero-order valence-corrected chi connectivity index (χ0v) is 11.8. The lowest BCUT2D eigenvalue weighted by Crippen LogP contribution is -2.05. The quantitative estimate of drug-likeness (QED) is 0.813. The summed E-state index contributed by atoms with van der Waals surface area (Å²) >= 11 is 0. The van der Waals surface area contributed by atoms with Gasteiger partial charge in [-0.3, -0.25) is 9.78 Å². The molecule has 0 aliphatic carbocycles. The molecule has 2 rings (SSSR count). The van der Waals surface area contributed by atoms with Crippen molar-refractivity contribution in [1.82, 2.24) is 4.98 Å². The van der Waals surface area contributed by atoms with Gasteiger partial charge in [-0.1, -0.05) is 18.2 Å². The number of hydrogen-bond donors (Lipinski definition) is 1. The normalized spacial score (nSPS) is 10.2. The van der Waals surface area contributed by atoms with Crippen molar-refractivity contribution < 1.29 is 4.79 Å². The molecule has 1 aromatic carbocycles. The number of anilines is 1. The predicted octanol–water partition coefficient (Wildman–Crippen LogP) is 3.61. The van der Waals surface area contributed by atoms with E-state index in [4.69, 9.17) is 0 Å². The van der Waals surface area contributed by atoms with E-state index in [1.54, 1.807) is 6.20 Å². The standard InChI is InChI=1S/C17H20N2O/c1-14(20)19-17-10-8-15(9-11-17)5-2-3-6-16-7-4-12-18-13-16/h4,7-13H,2-3,5-6H2,1H3,(H,19,20). The van der Waals surface area contributed by atoms with E-state index in [9.17, 15) is 4.79 Å². The third-order valence-corrected chi connectivity index (χ3v) is 3.18. The lowest BCUT2D eigenvalue weighted by molar-refractivity contribution is -0.114.